The fourth-order valence-corrected chi connectivity index (χ4v) is 2.47. The molecule has 0 fully saturated rings. The van der Waals surface area contributed by atoms with Crippen LogP contribution in [0.5, 0.6) is 0 Å². The lowest BCUT2D eigenvalue weighted by Gasteiger charge is -2.13. The maximum absolute atomic E-state index is 12.0. The maximum Gasteiger partial charge on any atom is 0.227 e. The van der Waals surface area contributed by atoms with Gasteiger partial charge in [0, 0.05) is 11.6 Å². The highest BCUT2D eigenvalue weighted by Gasteiger charge is 2.14. The van der Waals surface area contributed by atoms with Crippen LogP contribution in [0.15, 0.2) is 36.5 Å². The fraction of sp³-hybridized carbons (Fsp3) is 0.294. The van der Waals surface area contributed by atoms with Gasteiger partial charge in [0.05, 0.1) is 21.9 Å². The third kappa shape index (κ3) is 4.85. The van der Waals surface area contributed by atoms with E-state index in [2.05, 4.69) is 15.6 Å². The zero-order valence-corrected chi connectivity index (χ0v) is 14.6. The number of amides is 1. The monoisotopic (exact) mass is 351 g/mol. The molecule has 0 bridgehead atoms. The number of hydrogen-bond donors (Lipinski definition) is 2. The minimum absolute atomic E-state index is 0.0296. The molecule has 2 N–H and O–H groups in total. The number of rotatable bonds is 6. The molecule has 2 rings (SSSR count). The first kappa shape index (κ1) is 17.6. The minimum Gasteiger partial charge on any atom is -0.340 e. The molecule has 1 aromatic carbocycles. The molecule has 0 spiro atoms. The molecule has 0 aliphatic rings. The van der Waals surface area contributed by atoms with Gasteiger partial charge in [0.2, 0.25) is 5.91 Å². The Morgan fingerprint density at radius 3 is 2.35 bits per heavy atom. The molecule has 122 valence electrons. The summed E-state index contributed by atoms with van der Waals surface area (Å²) in [5, 5.41) is 7.00. The van der Waals surface area contributed by atoms with Crippen molar-refractivity contribution < 1.29 is 4.79 Å². The van der Waals surface area contributed by atoms with E-state index in [-0.39, 0.29) is 11.8 Å². The van der Waals surface area contributed by atoms with Gasteiger partial charge in [-0.15, -0.1) is 0 Å². The highest BCUT2D eigenvalue weighted by molar-refractivity contribution is 6.42. The van der Waals surface area contributed by atoms with E-state index in [1.54, 1.807) is 24.4 Å². The number of carbonyl (C=O) groups is 1. The summed E-state index contributed by atoms with van der Waals surface area (Å²) in [4.78, 5) is 16.3. The Bertz CT molecular complexity index is 670. The van der Waals surface area contributed by atoms with Crippen LogP contribution < -0.4 is 10.6 Å². The predicted molar refractivity (Wildman–Crippen MR) is 96.7 cm³/mol. The van der Waals surface area contributed by atoms with Crippen LogP contribution in [-0.4, -0.2) is 10.9 Å². The van der Waals surface area contributed by atoms with E-state index in [0.29, 0.717) is 21.6 Å². The summed E-state index contributed by atoms with van der Waals surface area (Å²) in [6.45, 7) is 4.02. The van der Waals surface area contributed by atoms with Crippen LogP contribution in [0.3, 0.4) is 0 Å². The second-order valence-electron chi connectivity index (χ2n) is 5.19. The molecule has 0 saturated carbocycles. The number of nitrogens with one attached hydrogen (secondary N) is 2. The molecular formula is C17H19Cl2N3O. The zero-order valence-electron chi connectivity index (χ0n) is 13.1. The predicted octanol–water partition coefficient (Wildman–Crippen LogP) is 5.51. The molecule has 23 heavy (non-hydrogen) atoms. The van der Waals surface area contributed by atoms with Crippen molar-refractivity contribution in [2.75, 3.05) is 10.6 Å². The largest absolute Gasteiger partial charge is 0.340 e. The standard InChI is InChI=1S/C17H19Cl2N3O/c1-3-11(4-2)17(23)22-13-6-8-16(20-10-13)21-12-5-7-14(18)15(19)9-12/h5-11H,3-4H2,1-2H3,(H,20,21)(H,22,23). The van der Waals surface area contributed by atoms with E-state index in [9.17, 15) is 4.79 Å². The van der Waals surface area contributed by atoms with Crippen LogP contribution in [0.1, 0.15) is 26.7 Å². The number of carbonyl (C=O) groups excluding carboxylic acids is 1. The van der Waals surface area contributed by atoms with Gasteiger partial charge in [0.15, 0.2) is 0 Å². The zero-order chi connectivity index (χ0) is 16.8. The Balaban J connectivity index is 2.01. The number of nitrogens with zero attached hydrogens (tertiary/aromatic N) is 1. The van der Waals surface area contributed by atoms with Crippen LogP contribution in [-0.2, 0) is 4.79 Å². The highest BCUT2D eigenvalue weighted by Crippen LogP contribution is 2.26. The fourth-order valence-electron chi connectivity index (χ4n) is 2.17. The van der Waals surface area contributed by atoms with Crippen molar-refractivity contribution in [2.24, 2.45) is 5.92 Å². The molecule has 6 heteroatoms. The van der Waals surface area contributed by atoms with Crippen molar-refractivity contribution in [3.63, 3.8) is 0 Å². The number of anilines is 3. The van der Waals surface area contributed by atoms with Gasteiger partial charge in [0.25, 0.3) is 0 Å². The van der Waals surface area contributed by atoms with Gasteiger partial charge in [-0.3, -0.25) is 4.79 Å². The summed E-state index contributed by atoms with van der Waals surface area (Å²) >= 11 is 11.9. The molecule has 2 aromatic rings. The molecular weight excluding hydrogens is 333 g/mol. The van der Waals surface area contributed by atoms with E-state index < -0.39 is 0 Å². The van der Waals surface area contributed by atoms with Crippen LogP contribution >= 0.6 is 23.2 Å². The molecule has 1 aromatic heterocycles. The lowest BCUT2D eigenvalue weighted by Crippen LogP contribution is -2.21. The van der Waals surface area contributed by atoms with Gasteiger partial charge in [-0.1, -0.05) is 37.0 Å². The number of aromatic nitrogens is 1. The van der Waals surface area contributed by atoms with E-state index in [4.69, 9.17) is 23.2 Å². The molecule has 1 amide bonds. The minimum atomic E-state index is 0.0296. The Labute approximate surface area is 146 Å². The lowest BCUT2D eigenvalue weighted by molar-refractivity contribution is -0.120. The summed E-state index contributed by atoms with van der Waals surface area (Å²) in [5.74, 6) is 0.718. The third-order valence-electron chi connectivity index (χ3n) is 3.58. The Hall–Kier alpha value is -1.78. The van der Waals surface area contributed by atoms with Crippen LogP contribution in [0, 0.1) is 5.92 Å². The molecule has 0 atom stereocenters. The van der Waals surface area contributed by atoms with Crippen LogP contribution in [0.2, 0.25) is 10.0 Å². The Morgan fingerprint density at radius 1 is 1.09 bits per heavy atom. The van der Waals surface area contributed by atoms with Gasteiger partial charge in [-0.25, -0.2) is 4.98 Å². The summed E-state index contributed by atoms with van der Waals surface area (Å²) in [6.07, 6.45) is 3.28. The van der Waals surface area contributed by atoms with Crippen molar-refractivity contribution >= 4 is 46.3 Å². The molecule has 0 aliphatic carbocycles. The number of halogens is 2. The van der Waals surface area contributed by atoms with Crippen molar-refractivity contribution in [2.45, 2.75) is 26.7 Å². The average Bonchev–Trinajstić information content (AvgIpc) is 2.54. The van der Waals surface area contributed by atoms with Gasteiger partial charge in [-0.2, -0.15) is 0 Å². The van der Waals surface area contributed by atoms with Crippen molar-refractivity contribution in [3.05, 3.63) is 46.6 Å². The molecule has 0 saturated heterocycles. The summed E-state index contributed by atoms with van der Waals surface area (Å²) in [7, 11) is 0. The number of hydrogen-bond acceptors (Lipinski definition) is 3. The first-order valence-electron chi connectivity index (χ1n) is 7.52. The van der Waals surface area contributed by atoms with Gasteiger partial charge >= 0.3 is 0 Å². The normalized spacial score (nSPS) is 10.7. The van der Waals surface area contributed by atoms with Crippen molar-refractivity contribution in [3.8, 4) is 0 Å². The third-order valence-corrected chi connectivity index (χ3v) is 4.32. The quantitative estimate of drug-likeness (QED) is 0.721. The second kappa shape index (κ2) is 8.18. The number of pyridine rings is 1. The number of benzene rings is 1. The average molecular weight is 352 g/mol. The topological polar surface area (TPSA) is 54.0 Å². The molecule has 0 unspecified atom stereocenters. The molecule has 0 radical (unpaired) electrons. The van der Waals surface area contributed by atoms with Gasteiger partial charge in [0.1, 0.15) is 5.82 Å². The van der Waals surface area contributed by atoms with Crippen molar-refractivity contribution in [1.82, 2.24) is 4.98 Å². The first-order chi connectivity index (χ1) is 11.0. The Morgan fingerprint density at radius 2 is 1.78 bits per heavy atom. The molecule has 4 nitrogen and oxygen atoms in total. The highest BCUT2D eigenvalue weighted by atomic mass is 35.5. The smallest absolute Gasteiger partial charge is 0.227 e. The van der Waals surface area contributed by atoms with Crippen molar-refractivity contribution in [1.29, 1.82) is 0 Å². The van der Waals surface area contributed by atoms with Crippen LogP contribution in [0.25, 0.3) is 0 Å². The summed E-state index contributed by atoms with van der Waals surface area (Å²) in [5.41, 5.74) is 1.47. The van der Waals surface area contributed by atoms with E-state index >= 15 is 0 Å². The van der Waals surface area contributed by atoms with Gasteiger partial charge < -0.3 is 10.6 Å². The molecule has 0 aliphatic heterocycles. The maximum atomic E-state index is 12.0. The van der Waals surface area contributed by atoms with E-state index in [1.165, 1.54) is 0 Å². The van der Waals surface area contributed by atoms with E-state index in [1.807, 2.05) is 26.0 Å². The second-order valence-corrected chi connectivity index (χ2v) is 6.00. The summed E-state index contributed by atoms with van der Waals surface area (Å²) < 4.78 is 0. The SMILES string of the molecule is CCC(CC)C(=O)Nc1ccc(Nc2ccc(Cl)c(Cl)c2)nc1. The first-order valence-corrected chi connectivity index (χ1v) is 8.28. The van der Waals surface area contributed by atoms with E-state index in [0.717, 1.165) is 18.5 Å². The van der Waals surface area contributed by atoms with Crippen LogP contribution in [0.4, 0.5) is 17.2 Å². The summed E-state index contributed by atoms with van der Waals surface area (Å²) in [6, 6.07) is 8.88. The lowest BCUT2D eigenvalue weighted by atomic mass is 10.0. The van der Waals surface area contributed by atoms with Gasteiger partial charge in [-0.05, 0) is 43.2 Å². The molecule has 1 heterocycles. The Kier molecular flexibility index (Phi) is 6.25.